The van der Waals surface area contributed by atoms with Gasteiger partial charge in [0.25, 0.3) is 5.91 Å². The topological polar surface area (TPSA) is 49.8 Å². The largest absolute Gasteiger partial charge is 0.394 e. The van der Waals surface area contributed by atoms with E-state index < -0.39 is 0 Å². The van der Waals surface area contributed by atoms with Crippen molar-refractivity contribution in [2.24, 2.45) is 0 Å². The molecule has 4 heteroatoms. The summed E-state index contributed by atoms with van der Waals surface area (Å²) in [5.74, 6) is -0.0951. The van der Waals surface area contributed by atoms with Crippen LogP contribution in [0.2, 0.25) is 0 Å². The summed E-state index contributed by atoms with van der Waals surface area (Å²) in [5, 5.41) is 9.31. The number of aryl methyl sites for hydroxylation is 2. The molecule has 0 spiro atoms. The molecule has 0 aliphatic carbocycles. The Labute approximate surface area is 101 Å². The average molecular weight is 235 g/mol. The summed E-state index contributed by atoms with van der Waals surface area (Å²) in [7, 11) is 0. The predicted octanol–water partition coefficient (Wildman–Crippen LogP) is 1.03. The first-order valence-corrected chi connectivity index (χ1v) is 5.71. The quantitative estimate of drug-likeness (QED) is 0.833. The highest BCUT2D eigenvalue weighted by atomic mass is 16.5. The number of rotatable bonds is 2. The Morgan fingerprint density at radius 2 is 2.24 bits per heavy atom. The van der Waals surface area contributed by atoms with Crippen molar-refractivity contribution >= 4 is 11.6 Å². The average Bonchev–Trinajstić information content (AvgIpc) is 2.30. The number of carbonyl (C=O) groups is 1. The lowest BCUT2D eigenvalue weighted by atomic mass is 10.1. The van der Waals surface area contributed by atoms with Crippen molar-refractivity contribution in [3.05, 3.63) is 29.3 Å². The van der Waals surface area contributed by atoms with E-state index in [4.69, 9.17) is 4.74 Å². The molecule has 1 aromatic rings. The van der Waals surface area contributed by atoms with Crippen LogP contribution in [0.5, 0.6) is 0 Å². The zero-order valence-corrected chi connectivity index (χ0v) is 10.1. The molecule has 1 aliphatic heterocycles. The van der Waals surface area contributed by atoms with Crippen LogP contribution in [0.25, 0.3) is 0 Å². The molecule has 0 radical (unpaired) electrons. The fourth-order valence-corrected chi connectivity index (χ4v) is 2.17. The Hall–Kier alpha value is -1.39. The highest BCUT2D eigenvalue weighted by molar-refractivity contribution is 5.96. The zero-order valence-electron chi connectivity index (χ0n) is 10.1. The van der Waals surface area contributed by atoms with Gasteiger partial charge in [-0.25, -0.2) is 0 Å². The molecule has 1 aliphatic rings. The SMILES string of the molecule is Cc1ccc(N2C(=O)COCC2CO)c(C)c1. The maximum atomic E-state index is 11.9. The number of amides is 1. The van der Waals surface area contributed by atoms with Gasteiger partial charge in [0.1, 0.15) is 6.61 Å². The van der Waals surface area contributed by atoms with E-state index in [0.717, 1.165) is 16.8 Å². The second-order valence-corrected chi connectivity index (χ2v) is 4.41. The molecule has 0 bridgehead atoms. The van der Waals surface area contributed by atoms with E-state index in [-0.39, 0.29) is 25.2 Å². The van der Waals surface area contributed by atoms with Gasteiger partial charge in [-0.2, -0.15) is 0 Å². The van der Waals surface area contributed by atoms with Crippen LogP contribution in [-0.2, 0) is 9.53 Å². The number of nitrogens with zero attached hydrogens (tertiary/aromatic N) is 1. The van der Waals surface area contributed by atoms with E-state index >= 15 is 0 Å². The van der Waals surface area contributed by atoms with Crippen molar-refractivity contribution in [3.8, 4) is 0 Å². The van der Waals surface area contributed by atoms with E-state index in [2.05, 4.69) is 0 Å². The molecule has 1 N–H and O–H groups in total. The molecule has 1 fully saturated rings. The number of morpholine rings is 1. The molecule has 1 heterocycles. The number of benzene rings is 1. The van der Waals surface area contributed by atoms with Gasteiger partial charge in [0.05, 0.1) is 19.3 Å². The number of anilines is 1. The Balaban J connectivity index is 2.38. The minimum Gasteiger partial charge on any atom is -0.394 e. The van der Waals surface area contributed by atoms with Gasteiger partial charge in [0.2, 0.25) is 0 Å². The van der Waals surface area contributed by atoms with Crippen LogP contribution in [0, 0.1) is 13.8 Å². The summed E-state index contributed by atoms with van der Waals surface area (Å²) in [4.78, 5) is 13.5. The highest BCUT2D eigenvalue weighted by Gasteiger charge is 2.30. The lowest BCUT2D eigenvalue weighted by Gasteiger charge is -2.35. The molecule has 0 aromatic heterocycles. The molecule has 92 valence electrons. The molecular weight excluding hydrogens is 218 g/mol. The first kappa shape index (κ1) is 12.1. The summed E-state index contributed by atoms with van der Waals surface area (Å²) < 4.78 is 5.15. The second kappa shape index (κ2) is 4.85. The van der Waals surface area contributed by atoms with Crippen molar-refractivity contribution in [1.82, 2.24) is 0 Å². The van der Waals surface area contributed by atoms with Crippen LogP contribution in [0.15, 0.2) is 18.2 Å². The summed E-state index contributed by atoms with van der Waals surface area (Å²) in [6.45, 7) is 4.37. The number of ether oxygens (including phenoxy) is 1. The lowest BCUT2D eigenvalue weighted by Crippen LogP contribution is -2.51. The van der Waals surface area contributed by atoms with Crippen molar-refractivity contribution in [3.63, 3.8) is 0 Å². The van der Waals surface area contributed by atoms with Gasteiger partial charge < -0.3 is 14.7 Å². The highest BCUT2D eigenvalue weighted by Crippen LogP contribution is 2.25. The number of hydrogen-bond acceptors (Lipinski definition) is 3. The Morgan fingerprint density at radius 1 is 1.47 bits per heavy atom. The van der Waals surface area contributed by atoms with E-state index in [1.165, 1.54) is 0 Å². The third-order valence-corrected chi connectivity index (χ3v) is 2.99. The van der Waals surface area contributed by atoms with Gasteiger partial charge in [0.15, 0.2) is 0 Å². The minimum atomic E-state index is -0.280. The zero-order chi connectivity index (χ0) is 12.4. The van der Waals surface area contributed by atoms with Crippen molar-refractivity contribution in [2.75, 3.05) is 24.7 Å². The molecule has 1 amide bonds. The van der Waals surface area contributed by atoms with Gasteiger partial charge in [0, 0.05) is 5.69 Å². The van der Waals surface area contributed by atoms with Crippen LogP contribution in [0.1, 0.15) is 11.1 Å². The Morgan fingerprint density at radius 3 is 2.88 bits per heavy atom. The Kier molecular flexibility index (Phi) is 3.45. The summed E-state index contributed by atoms with van der Waals surface area (Å²) in [5.41, 5.74) is 3.06. The van der Waals surface area contributed by atoms with Gasteiger partial charge in [-0.05, 0) is 25.5 Å². The van der Waals surface area contributed by atoms with Crippen molar-refractivity contribution < 1.29 is 14.6 Å². The Bertz CT molecular complexity index is 431. The fourth-order valence-electron chi connectivity index (χ4n) is 2.17. The van der Waals surface area contributed by atoms with E-state index in [1.807, 2.05) is 32.0 Å². The van der Waals surface area contributed by atoms with Crippen LogP contribution in [0.3, 0.4) is 0 Å². The lowest BCUT2D eigenvalue weighted by molar-refractivity contribution is -0.128. The number of hydrogen-bond donors (Lipinski definition) is 1. The van der Waals surface area contributed by atoms with E-state index in [1.54, 1.807) is 4.90 Å². The molecule has 2 rings (SSSR count). The molecule has 17 heavy (non-hydrogen) atoms. The molecule has 1 atom stereocenters. The molecule has 1 saturated heterocycles. The van der Waals surface area contributed by atoms with Crippen molar-refractivity contribution in [2.45, 2.75) is 19.9 Å². The maximum Gasteiger partial charge on any atom is 0.253 e. The van der Waals surface area contributed by atoms with Gasteiger partial charge >= 0.3 is 0 Å². The number of aliphatic hydroxyl groups excluding tert-OH is 1. The van der Waals surface area contributed by atoms with Crippen LogP contribution < -0.4 is 4.90 Å². The van der Waals surface area contributed by atoms with E-state index in [0.29, 0.717) is 6.61 Å². The van der Waals surface area contributed by atoms with E-state index in [9.17, 15) is 9.90 Å². The summed E-state index contributed by atoms with van der Waals surface area (Å²) in [6.07, 6.45) is 0. The second-order valence-electron chi connectivity index (χ2n) is 4.41. The molecule has 1 unspecified atom stereocenters. The van der Waals surface area contributed by atoms with Crippen LogP contribution in [-0.4, -0.2) is 36.9 Å². The molecule has 0 saturated carbocycles. The normalized spacial score (nSPS) is 20.8. The third kappa shape index (κ3) is 2.33. The van der Waals surface area contributed by atoms with Gasteiger partial charge in [-0.3, -0.25) is 4.79 Å². The smallest absolute Gasteiger partial charge is 0.253 e. The van der Waals surface area contributed by atoms with Gasteiger partial charge in [-0.1, -0.05) is 17.7 Å². The standard InChI is InChI=1S/C13H17NO3/c1-9-3-4-12(10(2)5-9)14-11(6-15)7-17-8-13(14)16/h3-5,11,15H,6-8H2,1-2H3. The number of carbonyl (C=O) groups excluding carboxylic acids is 1. The molecule has 4 nitrogen and oxygen atoms in total. The molecule has 1 aromatic carbocycles. The predicted molar refractivity (Wildman–Crippen MR) is 65.1 cm³/mol. The molecular formula is C13H17NO3. The van der Waals surface area contributed by atoms with Crippen LogP contribution in [0.4, 0.5) is 5.69 Å². The van der Waals surface area contributed by atoms with Gasteiger partial charge in [-0.15, -0.1) is 0 Å². The first-order chi connectivity index (χ1) is 8.13. The third-order valence-electron chi connectivity index (χ3n) is 2.99. The summed E-state index contributed by atoms with van der Waals surface area (Å²) >= 11 is 0. The first-order valence-electron chi connectivity index (χ1n) is 5.71. The van der Waals surface area contributed by atoms with Crippen molar-refractivity contribution in [1.29, 1.82) is 0 Å². The maximum absolute atomic E-state index is 11.9. The number of aliphatic hydroxyl groups is 1. The summed E-state index contributed by atoms with van der Waals surface area (Å²) in [6, 6.07) is 5.65. The minimum absolute atomic E-state index is 0.0843. The monoisotopic (exact) mass is 235 g/mol. The fraction of sp³-hybridized carbons (Fsp3) is 0.462. The van der Waals surface area contributed by atoms with Crippen LogP contribution >= 0.6 is 0 Å².